The van der Waals surface area contributed by atoms with Crippen molar-refractivity contribution in [2.75, 3.05) is 0 Å². The summed E-state index contributed by atoms with van der Waals surface area (Å²) in [7, 11) is 0. The molecule has 0 spiro atoms. The minimum absolute atomic E-state index is 0.116. The Labute approximate surface area is 117 Å². The van der Waals surface area contributed by atoms with E-state index in [1.807, 2.05) is 24.3 Å². The zero-order chi connectivity index (χ0) is 13.9. The summed E-state index contributed by atoms with van der Waals surface area (Å²) in [6, 6.07) is 14.5. The van der Waals surface area contributed by atoms with E-state index in [0.717, 1.165) is 16.9 Å². The Kier molecular flexibility index (Phi) is 3.29. The number of carbonyl (C=O) groups excluding carboxylic acids is 1. The normalized spacial score (nSPS) is 16.3. The minimum Gasteiger partial charge on any atom is -0.508 e. The van der Waals surface area contributed by atoms with Crippen LogP contribution in [0.1, 0.15) is 11.1 Å². The number of hydrogen-bond donors (Lipinski definition) is 2. The molecule has 4 heteroatoms. The molecule has 0 aliphatic carbocycles. The van der Waals surface area contributed by atoms with Crippen molar-refractivity contribution >= 4 is 5.91 Å². The highest BCUT2D eigenvalue weighted by molar-refractivity contribution is 5.82. The van der Waals surface area contributed by atoms with Crippen molar-refractivity contribution in [3.05, 3.63) is 59.7 Å². The van der Waals surface area contributed by atoms with E-state index in [0.29, 0.717) is 13.0 Å². The van der Waals surface area contributed by atoms with Gasteiger partial charge in [-0.25, -0.2) is 0 Å². The maximum atomic E-state index is 12.1. The van der Waals surface area contributed by atoms with Gasteiger partial charge in [0.15, 0.2) is 6.10 Å². The fourth-order valence-corrected chi connectivity index (χ4v) is 2.25. The second-order valence-electron chi connectivity index (χ2n) is 4.80. The lowest BCUT2D eigenvalue weighted by atomic mass is 10.1. The van der Waals surface area contributed by atoms with Crippen molar-refractivity contribution in [2.24, 2.45) is 0 Å². The third kappa shape index (κ3) is 2.59. The van der Waals surface area contributed by atoms with Gasteiger partial charge in [-0.1, -0.05) is 30.3 Å². The third-order valence-corrected chi connectivity index (χ3v) is 3.34. The molecule has 20 heavy (non-hydrogen) atoms. The number of ether oxygens (including phenoxy) is 1. The number of phenolic OH excluding ortho intramolecular Hbond substituents is 1. The van der Waals surface area contributed by atoms with Crippen LogP contribution in [0, 0.1) is 0 Å². The van der Waals surface area contributed by atoms with Crippen LogP contribution in [0.15, 0.2) is 48.5 Å². The molecule has 0 aromatic heterocycles. The van der Waals surface area contributed by atoms with Crippen molar-refractivity contribution in [1.82, 2.24) is 5.32 Å². The van der Waals surface area contributed by atoms with E-state index < -0.39 is 6.10 Å². The Morgan fingerprint density at radius 2 is 1.95 bits per heavy atom. The lowest BCUT2D eigenvalue weighted by Crippen LogP contribution is -2.36. The maximum Gasteiger partial charge on any atom is 0.261 e. The Morgan fingerprint density at radius 1 is 1.20 bits per heavy atom. The average molecular weight is 269 g/mol. The minimum atomic E-state index is -0.454. The topological polar surface area (TPSA) is 58.6 Å². The third-order valence-electron chi connectivity index (χ3n) is 3.34. The van der Waals surface area contributed by atoms with Crippen LogP contribution in [-0.2, 0) is 17.8 Å². The molecule has 1 atom stereocenters. The first-order chi connectivity index (χ1) is 9.72. The molecule has 1 aliphatic rings. The van der Waals surface area contributed by atoms with Crippen molar-refractivity contribution in [3.63, 3.8) is 0 Å². The van der Waals surface area contributed by atoms with E-state index in [1.54, 1.807) is 24.3 Å². The number of nitrogens with one attached hydrogen (secondary N) is 1. The summed E-state index contributed by atoms with van der Waals surface area (Å²) < 4.78 is 5.62. The van der Waals surface area contributed by atoms with Gasteiger partial charge in [-0.3, -0.25) is 4.79 Å². The molecular formula is C16H15NO3. The molecule has 1 amide bonds. The molecule has 1 unspecified atom stereocenters. The number of amides is 1. The molecule has 0 radical (unpaired) electrons. The molecule has 1 aliphatic heterocycles. The van der Waals surface area contributed by atoms with Gasteiger partial charge in [0, 0.05) is 13.0 Å². The lowest BCUT2D eigenvalue weighted by molar-refractivity contribution is -0.127. The number of para-hydroxylation sites is 1. The molecule has 2 N–H and O–H groups in total. The first-order valence-corrected chi connectivity index (χ1v) is 6.52. The number of fused-ring (bicyclic) bond motifs is 1. The molecule has 1 heterocycles. The highest BCUT2D eigenvalue weighted by atomic mass is 16.5. The van der Waals surface area contributed by atoms with Crippen molar-refractivity contribution < 1.29 is 14.6 Å². The number of phenols is 1. The summed E-state index contributed by atoms with van der Waals surface area (Å²) in [5, 5.41) is 12.0. The molecule has 2 aromatic carbocycles. The number of benzene rings is 2. The zero-order valence-electron chi connectivity index (χ0n) is 10.9. The Morgan fingerprint density at radius 3 is 2.70 bits per heavy atom. The highest BCUT2D eigenvalue weighted by Crippen LogP contribution is 2.28. The number of carbonyl (C=O) groups is 1. The average Bonchev–Trinajstić information content (AvgIpc) is 2.90. The van der Waals surface area contributed by atoms with E-state index in [9.17, 15) is 9.90 Å². The van der Waals surface area contributed by atoms with E-state index in [4.69, 9.17) is 4.74 Å². The van der Waals surface area contributed by atoms with Crippen LogP contribution in [0.4, 0.5) is 0 Å². The van der Waals surface area contributed by atoms with Crippen LogP contribution in [0.5, 0.6) is 11.5 Å². The monoisotopic (exact) mass is 269 g/mol. The van der Waals surface area contributed by atoms with Gasteiger partial charge in [0.1, 0.15) is 11.5 Å². The van der Waals surface area contributed by atoms with Crippen molar-refractivity contribution in [2.45, 2.75) is 19.1 Å². The van der Waals surface area contributed by atoms with Crippen LogP contribution in [0.3, 0.4) is 0 Å². The predicted octanol–water partition coefficient (Wildman–Crippen LogP) is 2.01. The van der Waals surface area contributed by atoms with Crippen molar-refractivity contribution in [1.29, 1.82) is 0 Å². The van der Waals surface area contributed by atoms with Crippen molar-refractivity contribution in [3.8, 4) is 11.5 Å². The zero-order valence-corrected chi connectivity index (χ0v) is 10.9. The number of aromatic hydroxyl groups is 1. The van der Waals surface area contributed by atoms with Gasteiger partial charge in [0.05, 0.1) is 0 Å². The van der Waals surface area contributed by atoms with E-state index >= 15 is 0 Å². The molecular weight excluding hydrogens is 254 g/mol. The summed E-state index contributed by atoms with van der Waals surface area (Å²) in [5.74, 6) is 0.890. The quantitative estimate of drug-likeness (QED) is 0.896. The summed E-state index contributed by atoms with van der Waals surface area (Å²) in [6.07, 6.45) is 0.155. The number of rotatable bonds is 3. The second-order valence-corrected chi connectivity index (χ2v) is 4.80. The van der Waals surface area contributed by atoms with Crippen LogP contribution in [0.2, 0.25) is 0 Å². The molecule has 2 aromatic rings. The fraction of sp³-hybridized carbons (Fsp3) is 0.188. The van der Waals surface area contributed by atoms with E-state index in [1.165, 1.54) is 0 Å². The fourth-order valence-electron chi connectivity index (χ4n) is 2.25. The Bertz CT molecular complexity index is 597. The largest absolute Gasteiger partial charge is 0.508 e. The summed E-state index contributed by atoms with van der Waals surface area (Å²) in [4.78, 5) is 12.1. The van der Waals surface area contributed by atoms with Crippen LogP contribution < -0.4 is 10.1 Å². The standard InChI is InChI=1S/C16H15NO3/c18-13-7-5-11(6-8-13)10-17-16(19)15-9-12-3-1-2-4-14(12)20-15/h1-8,15,18H,9-10H2,(H,17,19). The van der Waals surface area contributed by atoms with Gasteiger partial charge in [0.25, 0.3) is 5.91 Å². The van der Waals surface area contributed by atoms with Crippen LogP contribution >= 0.6 is 0 Å². The molecule has 102 valence electrons. The molecule has 0 bridgehead atoms. The van der Waals surface area contributed by atoms with Crippen LogP contribution in [-0.4, -0.2) is 17.1 Å². The van der Waals surface area contributed by atoms with E-state index in [-0.39, 0.29) is 11.7 Å². The SMILES string of the molecule is O=C(NCc1ccc(O)cc1)C1Cc2ccccc2O1. The van der Waals surface area contributed by atoms with Gasteiger partial charge < -0.3 is 15.2 Å². The number of hydrogen-bond acceptors (Lipinski definition) is 3. The van der Waals surface area contributed by atoms with Gasteiger partial charge in [-0.05, 0) is 29.3 Å². The Balaban J connectivity index is 1.57. The summed E-state index contributed by atoms with van der Waals surface area (Å²) in [6.45, 7) is 0.426. The first kappa shape index (κ1) is 12.5. The molecule has 0 saturated heterocycles. The van der Waals surface area contributed by atoms with Gasteiger partial charge in [-0.15, -0.1) is 0 Å². The Hall–Kier alpha value is -2.49. The van der Waals surface area contributed by atoms with E-state index in [2.05, 4.69) is 5.32 Å². The highest BCUT2D eigenvalue weighted by Gasteiger charge is 2.28. The van der Waals surface area contributed by atoms with Gasteiger partial charge in [-0.2, -0.15) is 0 Å². The van der Waals surface area contributed by atoms with Gasteiger partial charge >= 0.3 is 0 Å². The lowest BCUT2D eigenvalue weighted by Gasteiger charge is -2.11. The smallest absolute Gasteiger partial charge is 0.261 e. The predicted molar refractivity (Wildman–Crippen MR) is 74.5 cm³/mol. The van der Waals surface area contributed by atoms with Crippen LogP contribution in [0.25, 0.3) is 0 Å². The first-order valence-electron chi connectivity index (χ1n) is 6.52. The maximum absolute atomic E-state index is 12.1. The molecule has 0 fully saturated rings. The molecule has 3 rings (SSSR count). The molecule has 4 nitrogen and oxygen atoms in total. The summed E-state index contributed by atoms with van der Waals surface area (Å²) in [5.41, 5.74) is 2.00. The summed E-state index contributed by atoms with van der Waals surface area (Å²) >= 11 is 0. The molecule has 0 saturated carbocycles. The van der Waals surface area contributed by atoms with Gasteiger partial charge in [0.2, 0.25) is 0 Å². The second kappa shape index (κ2) is 5.25.